The fraction of sp³-hybridized carbons (Fsp3) is 0.500. The van der Waals surface area contributed by atoms with Crippen molar-refractivity contribution in [1.82, 2.24) is 4.90 Å². The lowest BCUT2D eigenvalue weighted by Gasteiger charge is -2.21. The van der Waals surface area contributed by atoms with Crippen molar-refractivity contribution < 1.29 is 4.79 Å². The predicted molar refractivity (Wildman–Crippen MR) is 85.3 cm³/mol. The average Bonchev–Trinajstić information content (AvgIpc) is 2.35. The standard InChI is InChI=1S/C14H23ClN4O/c1-9(2)19(3)6-4-5-18-13-11(14(17)20)7-10(16)8-12(13)15/h7-9,18H,4-6,16H2,1-3H3,(H2,17,20). The maximum absolute atomic E-state index is 11.4. The van der Waals surface area contributed by atoms with Crippen LogP contribution in [-0.4, -0.2) is 37.0 Å². The second-order valence-corrected chi connectivity index (χ2v) is 5.55. The van der Waals surface area contributed by atoms with Crippen LogP contribution in [0.4, 0.5) is 11.4 Å². The van der Waals surface area contributed by atoms with E-state index in [1.54, 1.807) is 6.07 Å². The number of benzene rings is 1. The molecule has 0 spiro atoms. The fourth-order valence-electron chi connectivity index (χ4n) is 1.80. The molecular weight excluding hydrogens is 276 g/mol. The van der Waals surface area contributed by atoms with E-state index >= 15 is 0 Å². The SMILES string of the molecule is CC(C)N(C)CCCNc1c(Cl)cc(N)cc1C(N)=O. The van der Waals surface area contributed by atoms with Crippen molar-refractivity contribution in [2.24, 2.45) is 5.73 Å². The van der Waals surface area contributed by atoms with Crippen molar-refractivity contribution in [3.8, 4) is 0 Å². The van der Waals surface area contributed by atoms with Gasteiger partial charge in [-0.25, -0.2) is 0 Å². The highest BCUT2D eigenvalue weighted by Gasteiger charge is 2.13. The van der Waals surface area contributed by atoms with Crippen LogP contribution in [0.15, 0.2) is 12.1 Å². The van der Waals surface area contributed by atoms with Gasteiger partial charge in [0.25, 0.3) is 5.91 Å². The number of carbonyl (C=O) groups is 1. The number of primary amides is 1. The summed E-state index contributed by atoms with van der Waals surface area (Å²) in [5.74, 6) is -0.541. The summed E-state index contributed by atoms with van der Waals surface area (Å²) < 4.78 is 0. The molecule has 20 heavy (non-hydrogen) atoms. The van der Waals surface area contributed by atoms with Gasteiger partial charge < -0.3 is 21.7 Å². The molecule has 0 saturated heterocycles. The number of halogens is 1. The molecule has 0 bridgehead atoms. The zero-order valence-corrected chi connectivity index (χ0v) is 13.0. The quantitative estimate of drug-likeness (QED) is 0.532. The van der Waals surface area contributed by atoms with Crippen LogP contribution < -0.4 is 16.8 Å². The molecule has 0 radical (unpaired) electrons. The first-order valence-corrected chi connectivity index (χ1v) is 7.03. The number of hydrogen-bond donors (Lipinski definition) is 3. The van der Waals surface area contributed by atoms with Crippen molar-refractivity contribution in [2.45, 2.75) is 26.3 Å². The van der Waals surface area contributed by atoms with Gasteiger partial charge in [-0.3, -0.25) is 4.79 Å². The zero-order valence-electron chi connectivity index (χ0n) is 12.2. The first-order valence-electron chi connectivity index (χ1n) is 6.66. The minimum atomic E-state index is -0.541. The second-order valence-electron chi connectivity index (χ2n) is 5.14. The Balaban J connectivity index is 2.66. The van der Waals surface area contributed by atoms with Crippen LogP contribution in [0, 0.1) is 0 Å². The number of hydrogen-bond acceptors (Lipinski definition) is 4. The molecule has 0 atom stereocenters. The Labute approximate surface area is 125 Å². The van der Waals surface area contributed by atoms with Crippen molar-refractivity contribution in [3.63, 3.8) is 0 Å². The van der Waals surface area contributed by atoms with Crippen molar-refractivity contribution >= 4 is 28.9 Å². The first kappa shape index (κ1) is 16.6. The lowest BCUT2D eigenvalue weighted by atomic mass is 10.1. The van der Waals surface area contributed by atoms with Gasteiger partial charge in [-0.15, -0.1) is 0 Å². The van der Waals surface area contributed by atoms with Crippen LogP contribution >= 0.6 is 11.6 Å². The van der Waals surface area contributed by atoms with E-state index in [1.807, 2.05) is 0 Å². The van der Waals surface area contributed by atoms with Crippen LogP contribution in [0.1, 0.15) is 30.6 Å². The third kappa shape index (κ3) is 4.58. The van der Waals surface area contributed by atoms with Gasteiger partial charge in [-0.2, -0.15) is 0 Å². The Morgan fingerprint density at radius 1 is 1.45 bits per heavy atom. The van der Waals surface area contributed by atoms with E-state index in [2.05, 4.69) is 31.1 Å². The summed E-state index contributed by atoms with van der Waals surface area (Å²) in [4.78, 5) is 13.7. The van der Waals surface area contributed by atoms with Crippen molar-refractivity contribution in [3.05, 3.63) is 22.7 Å². The van der Waals surface area contributed by atoms with E-state index in [-0.39, 0.29) is 0 Å². The van der Waals surface area contributed by atoms with E-state index in [1.165, 1.54) is 6.07 Å². The Kier molecular flexibility index (Phi) is 6.10. The highest BCUT2D eigenvalue weighted by molar-refractivity contribution is 6.34. The third-order valence-corrected chi connectivity index (χ3v) is 3.55. The van der Waals surface area contributed by atoms with E-state index in [9.17, 15) is 4.79 Å². The summed E-state index contributed by atoms with van der Waals surface area (Å²) >= 11 is 6.11. The smallest absolute Gasteiger partial charge is 0.250 e. The molecule has 1 amide bonds. The van der Waals surface area contributed by atoms with Crippen LogP contribution in [0.5, 0.6) is 0 Å². The summed E-state index contributed by atoms with van der Waals surface area (Å²) in [7, 11) is 2.08. The van der Waals surface area contributed by atoms with Crippen molar-refractivity contribution in [2.75, 3.05) is 31.2 Å². The molecule has 0 aliphatic carbocycles. The predicted octanol–water partition coefficient (Wildman–Crippen LogP) is 2.16. The second kappa shape index (κ2) is 7.36. The number of nitrogens with one attached hydrogen (secondary N) is 1. The molecule has 0 aliphatic heterocycles. The molecule has 0 heterocycles. The number of nitrogens with two attached hydrogens (primary N) is 2. The highest BCUT2D eigenvalue weighted by atomic mass is 35.5. The minimum absolute atomic E-state index is 0.326. The summed E-state index contributed by atoms with van der Waals surface area (Å²) in [5.41, 5.74) is 12.3. The Bertz CT molecular complexity index is 476. The van der Waals surface area contributed by atoms with Gasteiger partial charge in [0.2, 0.25) is 0 Å². The summed E-state index contributed by atoms with van der Waals surface area (Å²) in [6, 6.07) is 3.66. The van der Waals surface area contributed by atoms with Gasteiger partial charge >= 0.3 is 0 Å². The van der Waals surface area contributed by atoms with Gasteiger partial charge in [-0.1, -0.05) is 11.6 Å². The van der Waals surface area contributed by atoms with Gasteiger partial charge in [0.15, 0.2) is 0 Å². The maximum atomic E-state index is 11.4. The number of rotatable bonds is 7. The fourth-order valence-corrected chi connectivity index (χ4v) is 2.10. The molecule has 0 fully saturated rings. The molecule has 5 nitrogen and oxygen atoms in total. The number of carbonyl (C=O) groups excluding carboxylic acids is 1. The topological polar surface area (TPSA) is 84.4 Å². The molecule has 5 N–H and O–H groups in total. The van der Waals surface area contributed by atoms with E-state index < -0.39 is 5.91 Å². The molecule has 0 aromatic heterocycles. The molecule has 6 heteroatoms. The molecular formula is C14H23ClN4O. The van der Waals surface area contributed by atoms with Crippen LogP contribution in [0.25, 0.3) is 0 Å². The lowest BCUT2D eigenvalue weighted by Crippen LogP contribution is -2.28. The van der Waals surface area contributed by atoms with E-state index in [4.69, 9.17) is 23.1 Å². The number of amides is 1. The largest absolute Gasteiger partial charge is 0.399 e. The molecule has 1 rings (SSSR count). The summed E-state index contributed by atoms with van der Waals surface area (Å²) in [5, 5.41) is 3.58. The average molecular weight is 299 g/mol. The molecule has 1 aromatic rings. The Hall–Kier alpha value is -1.46. The Morgan fingerprint density at radius 3 is 2.65 bits per heavy atom. The van der Waals surface area contributed by atoms with Crippen LogP contribution in [0.2, 0.25) is 5.02 Å². The number of anilines is 2. The van der Waals surface area contributed by atoms with Gasteiger partial charge in [0.1, 0.15) is 0 Å². The molecule has 0 unspecified atom stereocenters. The van der Waals surface area contributed by atoms with Gasteiger partial charge in [-0.05, 0) is 46.0 Å². The molecule has 0 saturated carbocycles. The first-order chi connectivity index (χ1) is 9.32. The molecule has 1 aromatic carbocycles. The van der Waals surface area contributed by atoms with E-state index in [0.717, 1.165) is 13.0 Å². The minimum Gasteiger partial charge on any atom is -0.399 e. The van der Waals surface area contributed by atoms with Gasteiger partial charge in [0, 0.05) is 18.3 Å². The summed E-state index contributed by atoms with van der Waals surface area (Å²) in [6.07, 6.45) is 0.938. The Morgan fingerprint density at radius 2 is 2.10 bits per heavy atom. The van der Waals surface area contributed by atoms with Crippen LogP contribution in [0.3, 0.4) is 0 Å². The van der Waals surface area contributed by atoms with Crippen molar-refractivity contribution in [1.29, 1.82) is 0 Å². The normalized spacial score (nSPS) is 11.1. The molecule has 112 valence electrons. The zero-order chi connectivity index (χ0) is 15.3. The third-order valence-electron chi connectivity index (χ3n) is 3.25. The monoisotopic (exact) mass is 298 g/mol. The van der Waals surface area contributed by atoms with Crippen LogP contribution in [-0.2, 0) is 0 Å². The van der Waals surface area contributed by atoms with E-state index in [0.29, 0.717) is 34.5 Å². The maximum Gasteiger partial charge on any atom is 0.250 e. The molecule has 0 aliphatic rings. The van der Waals surface area contributed by atoms with Gasteiger partial charge in [0.05, 0.1) is 16.3 Å². The lowest BCUT2D eigenvalue weighted by molar-refractivity contribution is 0.100. The number of nitrogens with zero attached hydrogens (tertiary/aromatic N) is 1. The summed E-state index contributed by atoms with van der Waals surface area (Å²) in [6.45, 7) is 5.97. The highest BCUT2D eigenvalue weighted by Crippen LogP contribution is 2.28. The number of nitrogen functional groups attached to an aromatic ring is 1.